The second kappa shape index (κ2) is 11.7. The number of cyclic esters (lactones) is 1. The number of para-hydroxylation sites is 1. The Morgan fingerprint density at radius 2 is 1.89 bits per heavy atom. The minimum atomic E-state index is -3.76. The van der Waals surface area contributed by atoms with Gasteiger partial charge in [-0.2, -0.15) is 4.31 Å². The molecule has 230 valence electrons. The van der Waals surface area contributed by atoms with Crippen LogP contribution in [0.3, 0.4) is 0 Å². The predicted molar refractivity (Wildman–Crippen MR) is 164 cm³/mol. The number of rotatable bonds is 7. The van der Waals surface area contributed by atoms with Crippen molar-refractivity contribution in [2.45, 2.75) is 50.2 Å². The van der Waals surface area contributed by atoms with Gasteiger partial charge in [0.05, 0.1) is 24.2 Å². The van der Waals surface area contributed by atoms with Gasteiger partial charge in [0, 0.05) is 46.1 Å². The average Bonchev–Trinajstić information content (AvgIpc) is 3.57. The summed E-state index contributed by atoms with van der Waals surface area (Å²) in [5.74, 6) is -1.50. The molecule has 4 aromatic rings. The van der Waals surface area contributed by atoms with Gasteiger partial charge in [0.2, 0.25) is 16.1 Å². The second-order valence-corrected chi connectivity index (χ2v) is 13.4. The maximum Gasteiger partial charge on any atom is 0.347 e. The molecule has 0 radical (unpaired) electrons. The second-order valence-electron chi connectivity index (χ2n) is 11.5. The molecule has 44 heavy (non-hydrogen) atoms. The van der Waals surface area contributed by atoms with Crippen molar-refractivity contribution in [2.24, 2.45) is 7.05 Å². The van der Waals surface area contributed by atoms with Gasteiger partial charge in [-0.3, -0.25) is 4.79 Å². The van der Waals surface area contributed by atoms with E-state index in [1.165, 1.54) is 4.31 Å². The summed E-state index contributed by atoms with van der Waals surface area (Å²) in [7, 11) is -0.0421. The molecule has 0 spiro atoms. The molecule has 2 atom stereocenters. The molecule has 3 aromatic carbocycles. The molecule has 1 aromatic heterocycles. The molecule has 0 saturated carbocycles. The van der Waals surface area contributed by atoms with Crippen LogP contribution < -0.4 is 4.90 Å². The predicted octanol–water partition coefficient (Wildman–Crippen LogP) is 3.61. The zero-order valence-electron chi connectivity index (χ0n) is 25.2. The molecule has 0 bridgehead atoms. The molecule has 0 aliphatic carbocycles. The first-order valence-electron chi connectivity index (χ1n) is 14.6. The molecule has 2 aliphatic rings. The van der Waals surface area contributed by atoms with Crippen molar-refractivity contribution in [2.75, 3.05) is 31.6 Å². The van der Waals surface area contributed by atoms with Gasteiger partial charge < -0.3 is 14.4 Å². The fraction of sp³-hybridized carbons (Fsp3) is 0.375. The Morgan fingerprint density at radius 3 is 2.66 bits per heavy atom. The molecule has 1 fully saturated rings. The van der Waals surface area contributed by atoms with E-state index in [9.17, 15) is 18.0 Å². The van der Waals surface area contributed by atoms with E-state index >= 15 is 0 Å². The quantitative estimate of drug-likeness (QED) is 0.286. The van der Waals surface area contributed by atoms with Gasteiger partial charge in [0.1, 0.15) is 10.4 Å². The topological polar surface area (TPSA) is 124 Å². The highest BCUT2D eigenvalue weighted by Crippen LogP contribution is 2.36. The first-order valence-corrected chi connectivity index (χ1v) is 16.0. The van der Waals surface area contributed by atoms with E-state index in [-0.39, 0.29) is 24.5 Å². The molecule has 2 aliphatic heterocycles. The van der Waals surface area contributed by atoms with Gasteiger partial charge in [0.15, 0.2) is 0 Å². The van der Waals surface area contributed by atoms with Crippen molar-refractivity contribution in [1.29, 1.82) is 0 Å². The van der Waals surface area contributed by atoms with Crippen LogP contribution in [0.1, 0.15) is 46.6 Å². The average molecular weight is 618 g/mol. The minimum absolute atomic E-state index is 0.0287. The van der Waals surface area contributed by atoms with Gasteiger partial charge in [-0.25, -0.2) is 17.9 Å². The summed E-state index contributed by atoms with van der Waals surface area (Å²) in [6, 6.07) is 16.8. The van der Waals surface area contributed by atoms with E-state index in [4.69, 9.17) is 9.47 Å². The molecule has 0 N–H and O–H groups in total. The number of esters is 2. The van der Waals surface area contributed by atoms with Crippen LogP contribution in [0.4, 0.5) is 5.69 Å². The van der Waals surface area contributed by atoms with Crippen molar-refractivity contribution >= 4 is 38.7 Å². The van der Waals surface area contributed by atoms with Gasteiger partial charge in [-0.1, -0.05) is 41.6 Å². The van der Waals surface area contributed by atoms with Crippen molar-refractivity contribution in [1.82, 2.24) is 19.3 Å². The van der Waals surface area contributed by atoms with Crippen molar-refractivity contribution in [3.05, 3.63) is 82.4 Å². The summed E-state index contributed by atoms with van der Waals surface area (Å²) in [4.78, 5) is 27.5. The van der Waals surface area contributed by atoms with Crippen LogP contribution in [0.2, 0.25) is 0 Å². The highest BCUT2D eigenvalue weighted by molar-refractivity contribution is 7.89. The third-order valence-electron chi connectivity index (χ3n) is 8.69. The van der Waals surface area contributed by atoms with E-state index in [0.29, 0.717) is 25.2 Å². The van der Waals surface area contributed by atoms with E-state index < -0.39 is 34.0 Å². The Labute approximate surface area is 256 Å². The maximum absolute atomic E-state index is 13.8. The molecular formula is C32H35N5O6S. The highest BCUT2D eigenvalue weighted by atomic mass is 32.2. The minimum Gasteiger partial charge on any atom is -0.463 e. The summed E-state index contributed by atoms with van der Waals surface area (Å²) in [5.41, 5.74) is 6.63. The fourth-order valence-electron chi connectivity index (χ4n) is 6.06. The Bertz CT molecular complexity index is 1870. The number of benzene rings is 3. The summed E-state index contributed by atoms with van der Waals surface area (Å²) in [6.45, 7) is 5.18. The zero-order valence-corrected chi connectivity index (χ0v) is 26.0. The van der Waals surface area contributed by atoms with E-state index in [1.807, 2.05) is 75.3 Å². The van der Waals surface area contributed by atoms with E-state index in [2.05, 4.69) is 10.3 Å². The van der Waals surface area contributed by atoms with Gasteiger partial charge in [-0.05, 0) is 59.9 Å². The number of ether oxygens (including phenoxy) is 2. The largest absolute Gasteiger partial charge is 0.463 e. The summed E-state index contributed by atoms with van der Waals surface area (Å²) >= 11 is 0. The lowest BCUT2D eigenvalue weighted by Gasteiger charge is -2.24. The summed E-state index contributed by atoms with van der Waals surface area (Å²) in [6.07, 6.45) is -0.606. The Balaban J connectivity index is 1.37. The lowest BCUT2D eigenvalue weighted by atomic mass is 9.84. The fourth-order valence-corrected chi connectivity index (χ4v) is 7.70. The molecule has 11 nitrogen and oxygen atoms in total. The van der Waals surface area contributed by atoms with Crippen molar-refractivity contribution in [3.8, 4) is 0 Å². The van der Waals surface area contributed by atoms with Crippen LogP contribution >= 0.6 is 0 Å². The normalized spacial score (nSPS) is 19.0. The van der Waals surface area contributed by atoms with Crippen molar-refractivity contribution < 1.29 is 27.5 Å². The van der Waals surface area contributed by atoms with Crippen LogP contribution in [0.15, 0.2) is 59.5 Å². The lowest BCUT2D eigenvalue weighted by Crippen LogP contribution is -2.33. The summed E-state index contributed by atoms with van der Waals surface area (Å²) in [5, 5.41) is 8.50. The van der Waals surface area contributed by atoms with E-state index in [1.54, 1.807) is 16.8 Å². The van der Waals surface area contributed by atoms with Gasteiger partial charge in [0.25, 0.3) is 0 Å². The highest BCUT2D eigenvalue weighted by Gasteiger charge is 2.34. The number of carbonyl (C=O) groups excluding carboxylic acids is 2. The number of hydrogen-bond donors (Lipinski definition) is 0. The molecule has 12 heteroatoms. The number of aromatic nitrogens is 3. The molecule has 1 saturated heterocycles. The summed E-state index contributed by atoms with van der Waals surface area (Å²) < 4.78 is 41.4. The number of carbonyl (C=O) groups is 2. The van der Waals surface area contributed by atoms with Crippen LogP contribution in [-0.2, 0) is 42.7 Å². The monoisotopic (exact) mass is 617 g/mol. The zero-order chi connectivity index (χ0) is 31.2. The number of aryl methyl sites for hydroxylation is 3. The van der Waals surface area contributed by atoms with Gasteiger partial charge >= 0.3 is 11.9 Å². The van der Waals surface area contributed by atoms with Crippen LogP contribution in [-0.4, -0.2) is 72.5 Å². The standard InChI is InChI=1S/C32H35N5O6S/c1-20-9-10-22(17-23(20)19-37-15-14-35(3)26-7-5-6-8-29(26)44(37,40)41)25(18-30(38)43-28-13-16-42-32(28)39)24-11-12-27-31(21(24)2)33-34-36(27)4/h5-12,17,25,28H,13-16,18-19H2,1-4H3. The molecule has 2 unspecified atom stereocenters. The number of likely N-dealkylation sites (N-methyl/N-ethyl adjacent to an activating group) is 1. The smallest absolute Gasteiger partial charge is 0.347 e. The Hall–Kier alpha value is -4.29. The first-order chi connectivity index (χ1) is 21.0. The lowest BCUT2D eigenvalue weighted by molar-refractivity contribution is -0.160. The molecule has 6 rings (SSSR count). The third kappa shape index (κ3) is 5.43. The molecule has 3 heterocycles. The Kier molecular flexibility index (Phi) is 7.89. The number of sulfonamides is 1. The number of hydrogen-bond acceptors (Lipinski definition) is 9. The van der Waals surface area contributed by atoms with Crippen LogP contribution in [0, 0.1) is 13.8 Å². The van der Waals surface area contributed by atoms with Crippen molar-refractivity contribution in [3.63, 3.8) is 0 Å². The number of anilines is 1. The maximum atomic E-state index is 13.8. The SMILES string of the molecule is Cc1ccc(C(CC(=O)OC2CCOC2=O)c2ccc3c(nnn3C)c2C)cc1CN1CCN(C)c2ccccc2S1(=O)=O. The van der Waals surface area contributed by atoms with E-state index in [0.717, 1.165) is 38.9 Å². The number of fused-ring (bicyclic) bond motifs is 2. The van der Waals surface area contributed by atoms with Gasteiger partial charge in [-0.15, -0.1) is 5.10 Å². The first kappa shape index (κ1) is 29.8. The Morgan fingerprint density at radius 1 is 1.09 bits per heavy atom. The van der Waals surface area contributed by atoms with Crippen LogP contribution in [0.5, 0.6) is 0 Å². The number of nitrogens with zero attached hydrogens (tertiary/aromatic N) is 5. The molecule has 0 amide bonds. The molecular weight excluding hydrogens is 582 g/mol. The van der Waals surface area contributed by atoms with Crippen LogP contribution in [0.25, 0.3) is 11.0 Å². The third-order valence-corrected chi connectivity index (χ3v) is 10.6.